The molecule has 1 aromatic carbocycles. The molecule has 0 bridgehead atoms. The van der Waals surface area contributed by atoms with E-state index in [-0.39, 0.29) is 11.9 Å². The molecule has 7 heteroatoms. The highest BCUT2D eigenvalue weighted by atomic mass is 32.2. The lowest BCUT2D eigenvalue weighted by atomic mass is 10.1. The molecule has 0 saturated carbocycles. The zero-order valence-corrected chi connectivity index (χ0v) is 16.5. The average Bonchev–Trinajstić information content (AvgIpc) is 3.30. The van der Waals surface area contributed by atoms with E-state index >= 15 is 0 Å². The number of furan rings is 1. The van der Waals surface area contributed by atoms with Crippen LogP contribution in [0.5, 0.6) is 0 Å². The molecule has 1 atom stereocenters. The molecule has 3 heterocycles. The van der Waals surface area contributed by atoms with Crippen LogP contribution in [0.1, 0.15) is 17.4 Å². The third-order valence-corrected chi connectivity index (χ3v) is 5.92. The predicted octanol–water partition coefficient (Wildman–Crippen LogP) is 2.90. The van der Waals surface area contributed by atoms with E-state index < -0.39 is 0 Å². The summed E-state index contributed by atoms with van der Waals surface area (Å²) in [5.74, 6) is 1.90. The summed E-state index contributed by atoms with van der Waals surface area (Å²) >= 11 is 1.66. The maximum absolute atomic E-state index is 13.0. The van der Waals surface area contributed by atoms with E-state index in [4.69, 9.17) is 13.9 Å². The number of amides is 1. The van der Waals surface area contributed by atoms with E-state index in [1.165, 1.54) is 0 Å². The van der Waals surface area contributed by atoms with Crippen molar-refractivity contribution in [2.24, 2.45) is 0 Å². The molecule has 28 heavy (non-hydrogen) atoms. The normalized spacial score (nSPS) is 19.1. The maximum Gasteiger partial charge on any atom is 0.287 e. The lowest BCUT2D eigenvalue weighted by molar-refractivity contribution is -0.121. The quantitative estimate of drug-likeness (QED) is 0.805. The Bertz CT molecular complexity index is 801. The van der Waals surface area contributed by atoms with Crippen molar-refractivity contribution in [2.45, 2.75) is 6.04 Å². The molecule has 1 aromatic heterocycles. The standard InChI is InChI=1S/C21H24N2O4S/c24-21(19-20(28-14-13-27-19)16-5-2-1-3-6-16)22-15-17(18-7-4-10-26-18)23-8-11-25-12-9-23/h1-7,10,17H,8-9,11-15H2,(H,22,24). The topological polar surface area (TPSA) is 63.9 Å². The fourth-order valence-electron chi connectivity index (χ4n) is 3.44. The number of nitrogens with zero attached hydrogens (tertiary/aromatic N) is 1. The Morgan fingerprint density at radius 1 is 1.11 bits per heavy atom. The molecule has 148 valence electrons. The molecule has 0 spiro atoms. The number of morpholine rings is 1. The van der Waals surface area contributed by atoms with E-state index in [1.54, 1.807) is 18.0 Å². The molecule has 0 radical (unpaired) electrons. The molecule has 1 saturated heterocycles. The molecular formula is C21H24N2O4S. The van der Waals surface area contributed by atoms with Crippen LogP contribution >= 0.6 is 11.8 Å². The van der Waals surface area contributed by atoms with Crippen molar-refractivity contribution in [3.63, 3.8) is 0 Å². The second-order valence-corrected chi connectivity index (χ2v) is 7.72. The molecule has 0 aliphatic carbocycles. The van der Waals surface area contributed by atoms with Crippen LogP contribution in [-0.2, 0) is 14.3 Å². The van der Waals surface area contributed by atoms with Crippen molar-refractivity contribution in [1.82, 2.24) is 10.2 Å². The van der Waals surface area contributed by atoms with Crippen molar-refractivity contribution in [3.8, 4) is 0 Å². The van der Waals surface area contributed by atoms with E-state index in [0.29, 0.717) is 32.1 Å². The third kappa shape index (κ3) is 4.43. The summed E-state index contributed by atoms with van der Waals surface area (Å²) in [6, 6.07) is 13.7. The van der Waals surface area contributed by atoms with Gasteiger partial charge in [0.1, 0.15) is 5.76 Å². The predicted molar refractivity (Wildman–Crippen MR) is 109 cm³/mol. The fourth-order valence-corrected chi connectivity index (χ4v) is 4.40. The molecular weight excluding hydrogens is 376 g/mol. The highest BCUT2D eigenvalue weighted by molar-refractivity contribution is 8.08. The Labute approximate surface area is 168 Å². The second-order valence-electron chi connectivity index (χ2n) is 6.61. The lowest BCUT2D eigenvalue weighted by Gasteiger charge is -2.33. The number of carbonyl (C=O) groups excluding carboxylic acids is 1. The minimum absolute atomic E-state index is 0.0279. The summed E-state index contributed by atoms with van der Waals surface area (Å²) in [4.78, 5) is 16.1. The monoisotopic (exact) mass is 400 g/mol. The van der Waals surface area contributed by atoms with E-state index in [1.807, 2.05) is 42.5 Å². The Morgan fingerprint density at radius 3 is 2.68 bits per heavy atom. The minimum atomic E-state index is -0.184. The Hall–Kier alpha value is -2.22. The van der Waals surface area contributed by atoms with Gasteiger partial charge in [-0.15, -0.1) is 11.8 Å². The van der Waals surface area contributed by atoms with Crippen LogP contribution in [0.15, 0.2) is 58.9 Å². The summed E-state index contributed by atoms with van der Waals surface area (Å²) in [6.45, 7) is 3.99. The Balaban J connectivity index is 1.50. The minimum Gasteiger partial charge on any atom is -0.486 e. The van der Waals surface area contributed by atoms with Crippen molar-refractivity contribution in [3.05, 3.63) is 65.8 Å². The lowest BCUT2D eigenvalue weighted by Crippen LogP contribution is -2.44. The van der Waals surface area contributed by atoms with Crippen LogP contribution in [0.25, 0.3) is 4.91 Å². The summed E-state index contributed by atoms with van der Waals surface area (Å²) in [6.07, 6.45) is 1.67. The summed E-state index contributed by atoms with van der Waals surface area (Å²) in [7, 11) is 0. The number of nitrogens with one attached hydrogen (secondary N) is 1. The maximum atomic E-state index is 13.0. The number of benzene rings is 1. The van der Waals surface area contributed by atoms with Crippen LogP contribution < -0.4 is 5.32 Å². The van der Waals surface area contributed by atoms with Crippen molar-refractivity contribution < 1.29 is 18.7 Å². The Morgan fingerprint density at radius 2 is 1.93 bits per heavy atom. The van der Waals surface area contributed by atoms with Gasteiger partial charge in [0.25, 0.3) is 5.91 Å². The van der Waals surface area contributed by atoms with E-state index in [9.17, 15) is 4.79 Å². The van der Waals surface area contributed by atoms with Gasteiger partial charge in [-0.2, -0.15) is 0 Å². The van der Waals surface area contributed by atoms with Crippen molar-refractivity contribution >= 4 is 22.6 Å². The van der Waals surface area contributed by atoms with Gasteiger partial charge in [-0.25, -0.2) is 0 Å². The van der Waals surface area contributed by atoms with Crippen LogP contribution in [-0.4, -0.2) is 56.0 Å². The number of hydrogen-bond acceptors (Lipinski definition) is 6. The molecule has 6 nitrogen and oxygen atoms in total. The molecule has 1 fully saturated rings. The van der Waals surface area contributed by atoms with Crippen LogP contribution in [0.2, 0.25) is 0 Å². The molecule has 2 aliphatic rings. The zero-order valence-electron chi connectivity index (χ0n) is 15.6. The van der Waals surface area contributed by atoms with Crippen molar-refractivity contribution in [2.75, 3.05) is 45.2 Å². The molecule has 2 aliphatic heterocycles. The summed E-state index contributed by atoms with van der Waals surface area (Å²) < 4.78 is 16.9. The number of thioether (sulfide) groups is 1. The number of ether oxygens (including phenoxy) is 2. The van der Waals surface area contributed by atoms with Gasteiger partial charge in [0.05, 0.1) is 37.0 Å². The summed E-state index contributed by atoms with van der Waals surface area (Å²) in [5.41, 5.74) is 1.01. The molecule has 1 N–H and O–H groups in total. The first-order valence-corrected chi connectivity index (χ1v) is 10.5. The highest BCUT2D eigenvalue weighted by Crippen LogP contribution is 2.34. The molecule has 1 unspecified atom stereocenters. The van der Waals surface area contributed by atoms with Crippen LogP contribution in [0, 0.1) is 0 Å². The van der Waals surface area contributed by atoms with Crippen molar-refractivity contribution in [1.29, 1.82) is 0 Å². The first-order chi connectivity index (χ1) is 13.8. The van der Waals surface area contributed by atoms with Gasteiger partial charge in [0, 0.05) is 25.4 Å². The fraction of sp³-hybridized carbons (Fsp3) is 0.381. The zero-order chi connectivity index (χ0) is 19.2. The molecule has 1 amide bonds. The largest absolute Gasteiger partial charge is 0.486 e. The van der Waals surface area contributed by atoms with Gasteiger partial charge < -0.3 is 19.2 Å². The van der Waals surface area contributed by atoms with Crippen LogP contribution in [0.4, 0.5) is 0 Å². The Kier molecular flexibility index (Phi) is 6.36. The van der Waals surface area contributed by atoms with Gasteiger partial charge in [-0.3, -0.25) is 9.69 Å². The third-order valence-electron chi connectivity index (χ3n) is 4.84. The first kappa shape index (κ1) is 19.1. The SMILES string of the molecule is O=C(NCC(c1ccco1)N1CCOCC1)C1=C(c2ccccc2)SCCO1. The van der Waals surface area contributed by atoms with E-state index in [0.717, 1.165) is 35.1 Å². The molecule has 4 rings (SSSR count). The summed E-state index contributed by atoms with van der Waals surface area (Å²) in [5, 5.41) is 3.06. The smallest absolute Gasteiger partial charge is 0.287 e. The first-order valence-electron chi connectivity index (χ1n) is 9.51. The number of rotatable bonds is 6. The average molecular weight is 401 g/mol. The van der Waals surface area contributed by atoms with Crippen LogP contribution in [0.3, 0.4) is 0 Å². The number of hydrogen-bond donors (Lipinski definition) is 1. The molecule has 2 aromatic rings. The number of carbonyl (C=O) groups is 1. The van der Waals surface area contributed by atoms with E-state index in [2.05, 4.69) is 10.2 Å². The second kappa shape index (κ2) is 9.32. The highest BCUT2D eigenvalue weighted by Gasteiger charge is 2.28. The van der Waals surface area contributed by atoms with Gasteiger partial charge in [-0.1, -0.05) is 30.3 Å². The van der Waals surface area contributed by atoms with Gasteiger partial charge in [0.2, 0.25) is 0 Å². The van der Waals surface area contributed by atoms with Gasteiger partial charge in [-0.05, 0) is 17.7 Å². The van der Waals surface area contributed by atoms with Gasteiger partial charge >= 0.3 is 0 Å². The van der Waals surface area contributed by atoms with Gasteiger partial charge in [0.15, 0.2) is 5.76 Å².